The van der Waals surface area contributed by atoms with Crippen LogP contribution < -0.4 is 4.90 Å². The molecule has 0 radical (unpaired) electrons. The molecule has 1 saturated heterocycles. The van der Waals surface area contributed by atoms with Crippen molar-refractivity contribution in [3.05, 3.63) is 47.1 Å². The molecule has 0 N–H and O–H groups in total. The molecule has 1 aromatic rings. The first-order chi connectivity index (χ1) is 10.7. The fraction of sp³-hybridized carbons (Fsp3) is 0.250. The van der Waals surface area contributed by atoms with Gasteiger partial charge in [-0.25, -0.2) is 0 Å². The van der Waals surface area contributed by atoms with Crippen molar-refractivity contribution in [1.82, 2.24) is 4.90 Å². The van der Waals surface area contributed by atoms with Gasteiger partial charge in [0.1, 0.15) is 4.32 Å². The average Bonchev–Trinajstić information content (AvgIpc) is 3.00. The highest BCUT2D eigenvalue weighted by molar-refractivity contribution is 8.33. The van der Waals surface area contributed by atoms with Crippen LogP contribution in [-0.2, 0) is 4.79 Å². The van der Waals surface area contributed by atoms with E-state index in [1.54, 1.807) is 11.8 Å². The van der Waals surface area contributed by atoms with Crippen LogP contribution in [0.3, 0.4) is 0 Å². The standard InChI is InChI=1S/C16H16N2OS3/c1-3-17-11-7-5-6-8-13(11)21-14(17)10-9-12-15(19)22-16(20)18(12)4-2/h5-10H,3-4H2,1-2H3/b12-9+,14-10+. The summed E-state index contributed by atoms with van der Waals surface area (Å²) in [7, 11) is 0. The zero-order valence-electron chi connectivity index (χ0n) is 12.4. The highest BCUT2D eigenvalue weighted by atomic mass is 32.2. The number of hydrogen-bond donors (Lipinski definition) is 0. The number of hydrogen-bond acceptors (Lipinski definition) is 5. The second kappa shape index (κ2) is 6.48. The summed E-state index contributed by atoms with van der Waals surface area (Å²) in [6.45, 7) is 5.76. The minimum atomic E-state index is 0.0345. The summed E-state index contributed by atoms with van der Waals surface area (Å²) >= 11 is 8.11. The van der Waals surface area contributed by atoms with Gasteiger partial charge in [0.2, 0.25) is 5.12 Å². The number of allylic oxidation sites excluding steroid dienone is 2. The maximum Gasteiger partial charge on any atom is 0.242 e. The Morgan fingerprint density at radius 2 is 1.82 bits per heavy atom. The van der Waals surface area contributed by atoms with Crippen LogP contribution in [0.5, 0.6) is 0 Å². The van der Waals surface area contributed by atoms with Crippen LogP contribution in [0.2, 0.25) is 0 Å². The van der Waals surface area contributed by atoms with Crippen molar-refractivity contribution in [2.24, 2.45) is 0 Å². The van der Waals surface area contributed by atoms with E-state index in [1.807, 2.05) is 24.0 Å². The normalized spacial score (nSPS) is 21.4. The number of thioether (sulfide) groups is 2. The summed E-state index contributed by atoms with van der Waals surface area (Å²) in [6, 6.07) is 8.36. The Morgan fingerprint density at radius 1 is 1.09 bits per heavy atom. The Labute approximate surface area is 144 Å². The predicted molar refractivity (Wildman–Crippen MR) is 99.1 cm³/mol. The number of carbonyl (C=O) groups excluding carboxylic acids is 1. The molecule has 0 saturated carbocycles. The fourth-order valence-corrected chi connectivity index (χ4v) is 4.87. The lowest BCUT2D eigenvalue weighted by atomic mass is 10.3. The highest BCUT2D eigenvalue weighted by Gasteiger charge is 2.30. The van der Waals surface area contributed by atoms with Crippen molar-refractivity contribution in [2.45, 2.75) is 18.7 Å². The molecule has 0 unspecified atom stereocenters. The molecule has 2 aliphatic rings. The third-order valence-electron chi connectivity index (χ3n) is 3.55. The van der Waals surface area contributed by atoms with Crippen molar-refractivity contribution in [1.29, 1.82) is 0 Å². The summed E-state index contributed by atoms with van der Waals surface area (Å²) in [5.41, 5.74) is 1.91. The maximum absolute atomic E-state index is 12.0. The summed E-state index contributed by atoms with van der Waals surface area (Å²) in [6.07, 6.45) is 3.92. The van der Waals surface area contributed by atoms with Crippen molar-refractivity contribution < 1.29 is 4.79 Å². The molecule has 2 heterocycles. The Hall–Kier alpha value is -1.24. The second-order valence-electron chi connectivity index (χ2n) is 4.77. The average molecular weight is 349 g/mol. The summed E-state index contributed by atoms with van der Waals surface area (Å²) < 4.78 is 0.645. The van der Waals surface area contributed by atoms with Gasteiger partial charge in [-0.1, -0.05) is 36.1 Å². The first-order valence-corrected chi connectivity index (χ1v) is 9.20. The molecule has 1 aromatic carbocycles. The minimum absolute atomic E-state index is 0.0345. The summed E-state index contributed by atoms with van der Waals surface area (Å²) in [5.74, 6) is 0. The summed E-state index contributed by atoms with van der Waals surface area (Å²) in [5, 5.41) is 1.18. The van der Waals surface area contributed by atoms with Crippen LogP contribution in [0, 0.1) is 0 Å². The molecule has 0 atom stereocenters. The molecule has 3 nitrogen and oxygen atoms in total. The number of rotatable bonds is 3. The Kier molecular flexibility index (Phi) is 4.61. The number of anilines is 1. The van der Waals surface area contributed by atoms with Gasteiger partial charge in [0.05, 0.1) is 16.4 Å². The van der Waals surface area contributed by atoms with Gasteiger partial charge in [-0.3, -0.25) is 4.79 Å². The largest absolute Gasteiger partial charge is 0.335 e. The fourth-order valence-electron chi connectivity index (χ4n) is 2.51. The van der Waals surface area contributed by atoms with Crippen LogP contribution in [-0.4, -0.2) is 27.4 Å². The Morgan fingerprint density at radius 3 is 2.55 bits per heavy atom. The number of nitrogens with zero attached hydrogens (tertiary/aromatic N) is 2. The molecule has 2 aliphatic heterocycles. The molecule has 0 bridgehead atoms. The third-order valence-corrected chi connectivity index (χ3v) is 5.94. The lowest BCUT2D eigenvalue weighted by Gasteiger charge is -2.18. The van der Waals surface area contributed by atoms with E-state index in [4.69, 9.17) is 12.2 Å². The van der Waals surface area contributed by atoms with Crippen LogP contribution in [0.15, 0.2) is 52.0 Å². The molecule has 22 heavy (non-hydrogen) atoms. The lowest BCUT2D eigenvalue weighted by molar-refractivity contribution is -0.108. The third kappa shape index (κ3) is 2.71. The second-order valence-corrected chi connectivity index (χ2v) is 7.44. The molecule has 6 heteroatoms. The number of thiocarbonyl (C=S) groups is 1. The molecule has 3 rings (SSSR count). The van der Waals surface area contributed by atoms with E-state index in [0.29, 0.717) is 10.0 Å². The van der Waals surface area contributed by atoms with E-state index in [2.05, 4.69) is 36.1 Å². The van der Waals surface area contributed by atoms with Crippen LogP contribution in [0.25, 0.3) is 0 Å². The quantitative estimate of drug-likeness (QED) is 0.599. The molecule has 0 spiro atoms. The molecular weight excluding hydrogens is 332 g/mol. The number of likely N-dealkylation sites (N-methyl/N-ethyl adjacent to an activating group) is 1. The number of fused-ring (bicyclic) bond motifs is 1. The SMILES string of the molecule is CCN1C(=S)SC(=O)/C1=C\C=C1\Sc2ccccc2N1CC. The molecule has 0 amide bonds. The van der Waals surface area contributed by atoms with Gasteiger partial charge in [0.15, 0.2) is 0 Å². The summed E-state index contributed by atoms with van der Waals surface area (Å²) in [4.78, 5) is 17.5. The monoisotopic (exact) mass is 348 g/mol. The number of carbonyl (C=O) groups is 1. The lowest BCUT2D eigenvalue weighted by Crippen LogP contribution is -2.21. The van der Waals surface area contributed by atoms with E-state index in [1.165, 1.54) is 10.6 Å². The topological polar surface area (TPSA) is 23.6 Å². The molecule has 0 aliphatic carbocycles. The van der Waals surface area contributed by atoms with E-state index >= 15 is 0 Å². The van der Waals surface area contributed by atoms with E-state index in [0.717, 1.165) is 29.9 Å². The molecule has 1 fully saturated rings. The van der Waals surface area contributed by atoms with E-state index in [9.17, 15) is 4.79 Å². The van der Waals surface area contributed by atoms with Gasteiger partial charge in [-0.15, -0.1) is 0 Å². The highest BCUT2D eigenvalue weighted by Crippen LogP contribution is 2.45. The molecule has 114 valence electrons. The Bertz CT molecular complexity index is 696. The van der Waals surface area contributed by atoms with Gasteiger partial charge in [-0.05, 0) is 49.9 Å². The van der Waals surface area contributed by atoms with Gasteiger partial charge >= 0.3 is 0 Å². The van der Waals surface area contributed by atoms with Gasteiger partial charge in [0, 0.05) is 18.0 Å². The number of para-hydroxylation sites is 1. The van der Waals surface area contributed by atoms with Crippen molar-refractivity contribution in [3.8, 4) is 0 Å². The first kappa shape index (κ1) is 15.6. The first-order valence-electron chi connectivity index (χ1n) is 7.15. The smallest absolute Gasteiger partial charge is 0.242 e. The number of benzene rings is 1. The zero-order valence-corrected chi connectivity index (χ0v) is 14.9. The van der Waals surface area contributed by atoms with Crippen molar-refractivity contribution >= 4 is 50.9 Å². The van der Waals surface area contributed by atoms with Crippen molar-refractivity contribution in [3.63, 3.8) is 0 Å². The van der Waals surface area contributed by atoms with Crippen LogP contribution >= 0.6 is 35.7 Å². The van der Waals surface area contributed by atoms with Crippen LogP contribution in [0.1, 0.15) is 13.8 Å². The van der Waals surface area contributed by atoms with Gasteiger partial charge < -0.3 is 9.80 Å². The van der Waals surface area contributed by atoms with Gasteiger partial charge in [-0.2, -0.15) is 0 Å². The zero-order chi connectivity index (χ0) is 15.7. The minimum Gasteiger partial charge on any atom is -0.335 e. The van der Waals surface area contributed by atoms with E-state index < -0.39 is 0 Å². The predicted octanol–water partition coefficient (Wildman–Crippen LogP) is 4.22. The van der Waals surface area contributed by atoms with Crippen LogP contribution in [0.4, 0.5) is 5.69 Å². The Balaban J connectivity index is 1.92. The molecule has 0 aromatic heterocycles. The maximum atomic E-state index is 12.0. The van der Waals surface area contributed by atoms with Crippen molar-refractivity contribution in [2.75, 3.05) is 18.0 Å². The van der Waals surface area contributed by atoms with E-state index in [-0.39, 0.29) is 5.12 Å². The molecular formula is C16H16N2OS3. The van der Waals surface area contributed by atoms with Gasteiger partial charge in [0.25, 0.3) is 0 Å².